The van der Waals surface area contributed by atoms with Crippen LogP contribution in [-0.2, 0) is 18.6 Å². The van der Waals surface area contributed by atoms with E-state index in [0.29, 0.717) is 5.92 Å². The molecule has 1 aromatic carbocycles. The molecule has 0 atom stereocenters. The fraction of sp³-hybridized carbons (Fsp3) is 0.375. The van der Waals surface area contributed by atoms with E-state index in [4.69, 9.17) is 26.6 Å². The van der Waals surface area contributed by atoms with Crippen LogP contribution in [0.15, 0.2) is 34.4 Å². The molecule has 0 aliphatic heterocycles. The molecule has 5 rings (SSSR count). The zero-order chi connectivity index (χ0) is 21.5. The van der Waals surface area contributed by atoms with Crippen molar-refractivity contribution in [3.63, 3.8) is 0 Å². The van der Waals surface area contributed by atoms with Gasteiger partial charge in [-0.2, -0.15) is 0 Å². The van der Waals surface area contributed by atoms with E-state index in [9.17, 15) is 0 Å². The maximum absolute atomic E-state index is 6.05. The Labute approximate surface area is 200 Å². The van der Waals surface area contributed by atoms with Gasteiger partial charge in [-0.1, -0.05) is 49.3 Å². The predicted octanol–water partition coefficient (Wildman–Crippen LogP) is 7.91. The maximum atomic E-state index is 6.05. The first kappa shape index (κ1) is 21.5. The predicted molar refractivity (Wildman–Crippen MR) is 136 cm³/mol. The van der Waals surface area contributed by atoms with Gasteiger partial charge in [-0.15, -0.1) is 23.1 Å². The number of aryl methyl sites for hydroxylation is 1. The number of aromatic nitrogens is 3. The van der Waals surface area contributed by atoms with Crippen LogP contribution in [0.4, 0.5) is 0 Å². The second-order valence-electron chi connectivity index (χ2n) is 8.21. The first-order valence-corrected chi connectivity index (χ1v) is 14.0. The van der Waals surface area contributed by atoms with Crippen molar-refractivity contribution in [2.45, 2.75) is 61.4 Å². The summed E-state index contributed by atoms with van der Waals surface area (Å²) < 4.78 is 1.17. The molecule has 0 bridgehead atoms. The molecular weight excluding hydrogens is 462 g/mol. The Hall–Kier alpha value is -1.34. The summed E-state index contributed by atoms with van der Waals surface area (Å²) in [5.41, 5.74) is 6.59. The van der Waals surface area contributed by atoms with E-state index in [1.165, 1.54) is 45.3 Å². The van der Waals surface area contributed by atoms with Crippen molar-refractivity contribution in [3.8, 4) is 0 Å². The van der Waals surface area contributed by atoms with Gasteiger partial charge in [0.25, 0.3) is 0 Å². The molecule has 160 valence electrons. The number of fused-ring (bicyclic) bond motifs is 5. The Bertz CT molecular complexity index is 1270. The van der Waals surface area contributed by atoms with Crippen molar-refractivity contribution < 1.29 is 0 Å². The minimum atomic E-state index is 0.438. The molecule has 0 radical (unpaired) electrons. The number of hydrogen-bond donors (Lipinski definition) is 0. The van der Waals surface area contributed by atoms with Gasteiger partial charge in [0.05, 0.1) is 10.2 Å². The highest BCUT2D eigenvalue weighted by atomic mass is 35.5. The van der Waals surface area contributed by atoms with Crippen molar-refractivity contribution in [1.29, 1.82) is 0 Å². The molecule has 0 saturated carbocycles. The lowest BCUT2D eigenvalue weighted by Crippen LogP contribution is -2.10. The third-order valence-corrected chi connectivity index (χ3v) is 8.84. The number of nitrogens with zero attached hydrogens (tertiary/aromatic N) is 3. The number of rotatable bonds is 5. The Morgan fingerprint density at radius 3 is 2.48 bits per heavy atom. The number of pyridine rings is 1. The maximum Gasteiger partial charge on any atom is 0.189 e. The fourth-order valence-corrected chi connectivity index (χ4v) is 7.07. The molecule has 7 heteroatoms. The first-order valence-electron chi connectivity index (χ1n) is 10.6. The lowest BCUT2D eigenvalue weighted by atomic mass is 9.86. The summed E-state index contributed by atoms with van der Waals surface area (Å²) in [6, 6.07) is 8.06. The third kappa shape index (κ3) is 4.08. The average molecular weight is 486 g/mol. The molecule has 0 amide bonds. The SMILES string of the molecule is CSc1nc(SCc2ccc(Cl)cc2)c2sc3nc(C(C)C)c4c(c3c2n1)CCCC4. The molecule has 0 saturated heterocycles. The standard InChI is InChI=1S/C24H24ClN3S3/c1-13(2)19-17-7-5-4-6-16(17)18-20-21(31-22(18)26-19)23(28-24(27-20)29-3)30-12-14-8-10-15(25)11-9-14/h8-11,13H,4-7,12H2,1-3H3. The van der Waals surface area contributed by atoms with Gasteiger partial charge in [-0.25, -0.2) is 15.0 Å². The number of benzene rings is 1. The fourth-order valence-electron chi connectivity index (χ4n) is 4.31. The van der Waals surface area contributed by atoms with Crippen molar-refractivity contribution in [2.24, 2.45) is 0 Å². The van der Waals surface area contributed by atoms with Gasteiger partial charge in [0.1, 0.15) is 9.86 Å². The second kappa shape index (κ2) is 8.89. The highest BCUT2D eigenvalue weighted by molar-refractivity contribution is 7.99. The topological polar surface area (TPSA) is 38.7 Å². The summed E-state index contributed by atoms with van der Waals surface area (Å²) in [4.78, 5) is 16.2. The molecule has 0 fully saturated rings. The average Bonchev–Trinajstić information content (AvgIpc) is 3.16. The number of thiophene rings is 1. The van der Waals surface area contributed by atoms with Gasteiger partial charge in [-0.3, -0.25) is 0 Å². The van der Waals surface area contributed by atoms with Gasteiger partial charge < -0.3 is 0 Å². The summed E-state index contributed by atoms with van der Waals surface area (Å²) >= 11 is 11.2. The zero-order valence-corrected chi connectivity index (χ0v) is 21.1. The van der Waals surface area contributed by atoms with Crippen molar-refractivity contribution >= 4 is 66.9 Å². The molecule has 1 aliphatic carbocycles. The lowest BCUT2D eigenvalue weighted by molar-refractivity contribution is 0.667. The lowest BCUT2D eigenvalue weighted by Gasteiger charge is -2.21. The van der Waals surface area contributed by atoms with E-state index < -0.39 is 0 Å². The van der Waals surface area contributed by atoms with Crippen LogP contribution in [0.3, 0.4) is 0 Å². The number of thioether (sulfide) groups is 2. The molecular formula is C24H24ClN3S3. The molecule has 0 spiro atoms. The van der Waals surface area contributed by atoms with Crippen LogP contribution in [0.25, 0.3) is 20.4 Å². The van der Waals surface area contributed by atoms with E-state index in [-0.39, 0.29) is 0 Å². The molecule has 4 aromatic rings. The summed E-state index contributed by atoms with van der Waals surface area (Å²) in [7, 11) is 0. The van der Waals surface area contributed by atoms with Crippen LogP contribution >= 0.6 is 46.5 Å². The Kier molecular flexibility index (Phi) is 6.17. The van der Waals surface area contributed by atoms with Gasteiger partial charge in [0, 0.05) is 21.9 Å². The highest BCUT2D eigenvalue weighted by Gasteiger charge is 2.25. The van der Waals surface area contributed by atoms with Gasteiger partial charge in [0.15, 0.2) is 5.16 Å². The van der Waals surface area contributed by atoms with Crippen molar-refractivity contribution in [1.82, 2.24) is 15.0 Å². The molecule has 0 unspecified atom stereocenters. The highest BCUT2D eigenvalue weighted by Crippen LogP contribution is 2.43. The summed E-state index contributed by atoms with van der Waals surface area (Å²) in [5, 5.41) is 3.94. The Morgan fingerprint density at radius 1 is 1.03 bits per heavy atom. The summed E-state index contributed by atoms with van der Waals surface area (Å²) in [6.07, 6.45) is 6.83. The monoisotopic (exact) mass is 485 g/mol. The largest absolute Gasteiger partial charge is 0.241 e. The van der Waals surface area contributed by atoms with Crippen LogP contribution < -0.4 is 0 Å². The summed E-state index contributed by atoms with van der Waals surface area (Å²) in [6.45, 7) is 4.52. The smallest absolute Gasteiger partial charge is 0.189 e. The zero-order valence-electron chi connectivity index (χ0n) is 17.9. The minimum absolute atomic E-state index is 0.438. The van der Waals surface area contributed by atoms with Gasteiger partial charge in [0.2, 0.25) is 0 Å². The number of hydrogen-bond acceptors (Lipinski definition) is 6. The van der Waals surface area contributed by atoms with Crippen LogP contribution in [0.2, 0.25) is 5.02 Å². The normalized spacial score (nSPS) is 14.0. The Balaban J connectivity index is 1.68. The quantitative estimate of drug-likeness (QED) is 0.163. The van der Waals surface area contributed by atoms with Crippen molar-refractivity contribution in [3.05, 3.63) is 51.7 Å². The van der Waals surface area contributed by atoms with Gasteiger partial charge >= 0.3 is 0 Å². The van der Waals surface area contributed by atoms with E-state index in [1.54, 1.807) is 34.9 Å². The molecule has 3 nitrogen and oxygen atoms in total. The van der Waals surface area contributed by atoms with E-state index in [0.717, 1.165) is 44.1 Å². The van der Waals surface area contributed by atoms with Crippen molar-refractivity contribution in [2.75, 3.05) is 6.26 Å². The molecule has 3 heterocycles. The molecule has 1 aliphatic rings. The van der Waals surface area contributed by atoms with E-state index >= 15 is 0 Å². The van der Waals surface area contributed by atoms with Crippen LogP contribution in [0.1, 0.15) is 55.0 Å². The molecule has 31 heavy (non-hydrogen) atoms. The Morgan fingerprint density at radius 2 is 1.77 bits per heavy atom. The van der Waals surface area contributed by atoms with E-state index in [2.05, 4.69) is 26.0 Å². The van der Waals surface area contributed by atoms with Crippen LogP contribution in [-0.4, -0.2) is 21.2 Å². The third-order valence-electron chi connectivity index (χ3n) is 5.78. The van der Waals surface area contributed by atoms with Gasteiger partial charge in [-0.05, 0) is 66.7 Å². The second-order valence-corrected chi connectivity index (χ2v) is 11.4. The van der Waals surface area contributed by atoms with Crippen LogP contribution in [0, 0.1) is 0 Å². The minimum Gasteiger partial charge on any atom is -0.241 e. The first-order chi connectivity index (χ1) is 15.0. The molecule has 0 N–H and O–H groups in total. The number of halogens is 1. The summed E-state index contributed by atoms with van der Waals surface area (Å²) in [5.74, 6) is 1.29. The van der Waals surface area contributed by atoms with Crippen LogP contribution in [0.5, 0.6) is 0 Å². The molecule has 3 aromatic heterocycles. The van der Waals surface area contributed by atoms with E-state index in [1.807, 2.05) is 18.4 Å².